The van der Waals surface area contributed by atoms with Gasteiger partial charge in [0.25, 0.3) is 5.91 Å². The van der Waals surface area contributed by atoms with Gasteiger partial charge in [-0.15, -0.1) is 0 Å². The molecule has 0 bridgehead atoms. The summed E-state index contributed by atoms with van der Waals surface area (Å²) in [5.74, 6) is -1.14. The third-order valence-electron chi connectivity index (χ3n) is 3.37. The number of carbonyl (C=O) groups is 1. The number of anilines is 2. The Balaban J connectivity index is 1.67. The fourth-order valence-electron chi connectivity index (χ4n) is 2.10. The Hall–Kier alpha value is -3.35. The Morgan fingerprint density at radius 2 is 1.76 bits per heavy atom. The van der Waals surface area contributed by atoms with Crippen LogP contribution in [0.1, 0.15) is 16.1 Å². The summed E-state index contributed by atoms with van der Waals surface area (Å²) in [5.41, 5.74) is 1.01. The van der Waals surface area contributed by atoms with Crippen molar-refractivity contribution in [1.29, 1.82) is 0 Å². The van der Waals surface area contributed by atoms with Crippen LogP contribution in [0.15, 0.2) is 60.8 Å². The minimum absolute atomic E-state index is 0.0759. The van der Waals surface area contributed by atoms with Crippen LogP contribution in [-0.2, 0) is 6.54 Å². The van der Waals surface area contributed by atoms with E-state index in [0.29, 0.717) is 6.54 Å². The lowest BCUT2D eigenvalue weighted by atomic mass is 10.2. The second-order valence-electron chi connectivity index (χ2n) is 5.18. The first kappa shape index (κ1) is 16.5. The summed E-state index contributed by atoms with van der Waals surface area (Å²) in [6.07, 6.45) is 1.43. The van der Waals surface area contributed by atoms with Crippen molar-refractivity contribution >= 4 is 17.5 Å². The molecular weight excluding hydrogens is 326 g/mol. The zero-order valence-corrected chi connectivity index (χ0v) is 13.0. The van der Waals surface area contributed by atoms with Crippen LogP contribution in [0.4, 0.5) is 20.4 Å². The quantitative estimate of drug-likeness (QED) is 0.744. The molecule has 0 aliphatic heterocycles. The van der Waals surface area contributed by atoms with Gasteiger partial charge in [0, 0.05) is 12.7 Å². The van der Waals surface area contributed by atoms with Gasteiger partial charge in [-0.05, 0) is 35.9 Å². The highest BCUT2D eigenvalue weighted by atomic mass is 19.1. The van der Waals surface area contributed by atoms with Crippen LogP contribution in [0.5, 0.6) is 0 Å². The molecule has 126 valence electrons. The molecule has 0 fully saturated rings. The number of nitrogens with one attached hydrogen (secondary N) is 2. The van der Waals surface area contributed by atoms with E-state index in [1.165, 1.54) is 42.6 Å². The number of amides is 1. The molecule has 1 amide bonds. The molecule has 1 heterocycles. The number of hydrogen-bond acceptors (Lipinski definition) is 4. The molecule has 3 aromatic rings. The maximum Gasteiger partial charge on any atom is 0.274 e. The molecule has 0 radical (unpaired) electrons. The average Bonchev–Trinajstić information content (AvgIpc) is 2.63. The predicted molar refractivity (Wildman–Crippen MR) is 90.1 cm³/mol. The van der Waals surface area contributed by atoms with Crippen molar-refractivity contribution in [3.05, 3.63) is 83.7 Å². The summed E-state index contributed by atoms with van der Waals surface area (Å²) < 4.78 is 26.5. The summed E-state index contributed by atoms with van der Waals surface area (Å²) in [6.45, 7) is 0.374. The minimum Gasteiger partial charge on any atom is -0.350 e. The molecule has 0 saturated heterocycles. The predicted octanol–water partition coefficient (Wildman–Crippen LogP) is 3.62. The lowest BCUT2D eigenvalue weighted by Gasteiger charge is -2.08. The first-order valence-electron chi connectivity index (χ1n) is 7.49. The van der Waals surface area contributed by atoms with Gasteiger partial charge >= 0.3 is 0 Å². The van der Waals surface area contributed by atoms with Crippen LogP contribution < -0.4 is 10.6 Å². The maximum atomic E-state index is 13.6. The van der Waals surface area contributed by atoms with Crippen molar-refractivity contribution in [2.75, 3.05) is 10.6 Å². The topological polar surface area (TPSA) is 66.9 Å². The number of nitrogens with zero attached hydrogens (tertiary/aromatic N) is 2. The van der Waals surface area contributed by atoms with E-state index in [1.54, 1.807) is 18.2 Å². The number of carbonyl (C=O) groups excluding carboxylic acids is 1. The van der Waals surface area contributed by atoms with Gasteiger partial charge in [-0.2, -0.15) is 0 Å². The molecule has 0 aliphatic rings. The Labute approximate surface area is 142 Å². The summed E-state index contributed by atoms with van der Waals surface area (Å²) in [6, 6.07) is 13.3. The Morgan fingerprint density at radius 3 is 2.52 bits per heavy atom. The number of aromatic nitrogens is 2. The van der Waals surface area contributed by atoms with E-state index in [4.69, 9.17) is 0 Å². The highest BCUT2D eigenvalue weighted by Gasteiger charge is 2.11. The van der Waals surface area contributed by atoms with Crippen molar-refractivity contribution in [3.8, 4) is 0 Å². The van der Waals surface area contributed by atoms with Crippen molar-refractivity contribution in [3.63, 3.8) is 0 Å². The molecule has 3 rings (SSSR count). The van der Waals surface area contributed by atoms with Crippen molar-refractivity contribution in [2.24, 2.45) is 0 Å². The minimum atomic E-state index is -0.544. The van der Waals surface area contributed by atoms with Crippen molar-refractivity contribution < 1.29 is 13.6 Å². The Bertz CT molecular complexity index is 884. The van der Waals surface area contributed by atoms with E-state index in [9.17, 15) is 13.6 Å². The fraction of sp³-hybridized carbons (Fsp3) is 0.0556. The molecule has 0 aliphatic carbocycles. The van der Waals surface area contributed by atoms with Crippen LogP contribution in [0, 0.1) is 11.6 Å². The normalized spacial score (nSPS) is 10.3. The summed E-state index contributed by atoms with van der Waals surface area (Å²) in [7, 11) is 0. The molecule has 7 heteroatoms. The molecule has 2 N–H and O–H groups in total. The lowest BCUT2D eigenvalue weighted by Crippen LogP contribution is -2.16. The molecule has 0 atom stereocenters. The highest BCUT2D eigenvalue weighted by molar-refractivity contribution is 6.03. The van der Waals surface area contributed by atoms with Gasteiger partial charge in [0.1, 0.15) is 17.3 Å². The largest absolute Gasteiger partial charge is 0.350 e. The van der Waals surface area contributed by atoms with Crippen molar-refractivity contribution in [1.82, 2.24) is 9.97 Å². The number of benzene rings is 2. The smallest absolute Gasteiger partial charge is 0.274 e. The molecule has 1 aromatic heterocycles. The molecule has 25 heavy (non-hydrogen) atoms. The highest BCUT2D eigenvalue weighted by Crippen LogP contribution is 2.14. The van der Waals surface area contributed by atoms with E-state index < -0.39 is 11.7 Å². The molecule has 2 aromatic carbocycles. The van der Waals surface area contributed by atoms with Gasteiger partial charge in [0.15, 0.2) is 0 Å². The molecule has 5 nitrogen and oxygen atoms in total. The summed E-state index contributed by atoms with van der Waals surface area (Å²) >= 11 is 0. The molecule has 0 unspecified atom stereocenters. The SMILES string of the molecule is O=C(Nc1ccccc1F)c1ccnc(NCc2ccc(F)cc2)n1. The van der Waals surface area contributed by atoms with Crippen LogP contribution in [-0.4, -0.2) is 15.9 Å². The van der Waals surface area contributed by atoms with E-state index in [2.05, 4.69) is 20.6 Å². The van der Waals surface area contributed by atoms with E-state index >= 15 is 0 Å². The van der Waals surface area contributed by atoms with E-state index in [-0.39, 0.29) is 23.1 Å². The molecule has 0 saturated carbocycles. The van der Waals surface area contributed by atoms with Crippen LogP contribution in [0.2, 0.25) is 0 Å². The number of rotatable bonds is 5. The maximum absolute atomic E-state index is 13.6. The monoisotopic (exact) mass is 340 g/mol. The Morgan fingerprint density at radius 1 is 1.00 bits per heavy atom. The van der Waals surface area contributed by atoms with E-state index in [1.807, 2.05) is 0 Å². The Kier molecular flexibility index (Phi) is 4.94. The average molecular weight is 340 g/mol. The summed E-state index contributed by atoms with van der Waals surface area (Å²) in [4.78, 5) is 20.3. The first-order chi connectivity index (χ1) is 12.1. The summed E-state index contributed by atoms with van der Waals surface area (Å²) in [5, 5.41) is 5.41. The van der Waals surface area contributed by atoms with Gasteiger partial charge in [-0.25, -0.2) is 18.7 Å². The standard InChI is InChI=1S/C18H14F2N4O/c19-13-7-5-12(6-8-13)11-22-18-21-10-9-16(24-18)17(25)23-15-4-2-1-3-14(15)20/h1-10H,11H2,(H,23,25)(H,21,22,24). The van der Waals surface area contributed by atoms with Gasteiger partial charge in [-0.1, -0.05) is 24.3 Å². The van der Waals surface area contributed by atoms with Crippen LogP contribution >= 0.6 is 0 Å². The number of hydrogen-bond donors (Lipinski definition) is 2. The second kappa shape index (κ2) is 7.48. The van der Waals surface area contributed by atoms with Gasteiger partial charge in [0.05, 0.1) is 5.69 Å². The fourth-order valence-corrected chi connectivity index (χ4v) is 2.10. The van der Waals surface area contributed by atoms with Gasteiger partial charge in [-0.3, -0.25) is 4.79 Å². The number of para-hydroxylation sites is 1. The third-order valence-corrected chi connectivity index (χ3v) is 3.37. The zero-order chi connectivity index (χ0) is 17.6. The second-order valence-corrected chi connectivity index (χ2v) is 5.18. The third kappa shape index (κ3) is 4.35. The van der Waals surface area contributed by atoms with Crippen LogP contribution in [0.25, 0.3) is 0 Å². The van der Waals surface area contributed by atoms with Gasteiger partial charge < -0.3 is 10.6 Å². The van der Waals surface area contributed by atoms with E-state index in [0.717, 1.165) is 5.56 Å². The molecule has 0 spiro atoms. The van der Waals surface area contributed by atoms with Gasteiger partial charge in [0.2, 0.25) is 5.95 Å². The lowest BCUT2D eigenvalue weighted by molar-refractivity contribution is 0.102. The first-order valence-corrected chi connectivity index (χ1v) is 7.49. The van der Waals surface area contributed by atoms with Crippen LogP contribution in [0.3, 0.4) is 0 Å². The number of halogens is 2. The molecular formula is C18H14F2N4O. The van der Waals surface area contributed by atoms with Crippen molar-refractivity contribution in [2.45, 2.75) is 6.54 Å². The zero-order valence-electron chi connectivity index (χ0n) is 13.0.